The second-order valence-electron chi connectivity index (χ2n) is 9.52. The van der Waals surface area contributed by atoms with Gasteiger partial charge in [-0.1, -0.05) is 60.7 Å². The van der Waals surface area contributed by atoms with Crippen LogP contribution in [0.4, 0.5) is 4.79 Å². The van der Waals surface area contributed by atoms with E-state index in [2.05, 4.69) is 29.6 Å². The second-order valence-corrected chi connectivity index (χ2v) is 9.52. The van der Waals surface area contributed by atoms with Crippen LogP contribution in [0, 0.1) is 5.92 Å². The lowest BCUT2D eigenvalue weighted by Crippen LogP contribution is -2.45. The van der Waals surface area contributed by atoms with Crippen molar-refractivity contribution in [2.24, 2.45) is 5.92 Å². The molecule has 2 amide bonds. The number of amides is 2. The van der Waals surface area contributed by atoms with Gasteiger partial charge in [0.2, 0.25) is 5.91 Å². The molecule has 182 valence electrons. The van der Waals surface area contributed by atoms with E-state index in [0.717, 1.165) is 22.3 Å². The fourth-order valence-electron chi connectivity index (χ4n) is 5.40. The van der Waals surface area contributed by atoms with E-state index in [-0.39, 0.29) is 44.0 Å². The van der Waals surface area contributed by atoms with Crippen LogP contribution in [0.2, 0.25) is 0 Å². The normalized spacial score (nSPS) is 25.1. The number of carboxylic acid groups (broad SMARTS) is 1. The summed E-state index contributed by atoms with van der Waals surface area (Å²) in [6, 6.07) is 15.9. The van der Waals surface area contributed by atoms with Crippen LogP contribution < -0.4 is 5.32 Å². The number of nitrogens with zero attached hydrogens (tertiary/aromatic N) is 1. The Morgan fingerprint density at radius 1 is 1.06 bits per heavy atom. The van der Waals surface area contributed by atoms with Crippen LogP contribution in [-0.2, 0) is 14.3 Å². The van der Waals surface area contributed by atoms with Crippen LogP contribution in [0.25, 0.3) is 11.1 Å². The lowest BCUT2D eigenvalue weighted by Gasteiger charge is -2.28. The Labute approximate surface area is 203 Å². The highest BCUT2D eigenvalue weighted by molar-refractivity contribution is 5.84. The van der Waals surface area contributed by atoms with Gasteiger partial charge in [-0.3, -0.25) is 4.79 Å². The summed E-state index contributed by atoms with van der Waals surface area (Å²) < 4.78 is 5.61. The largest absolute Gasteiger partial charge is 0.479 e. The molecule has 0 bridgehead atoms. The first kappa shape index (κ1) is 23.1. The molecular formula is C27H28N2O6. The van der Waals surface area contributed by atoms with Crippen molar-refractivity contribution in [2.75, 3.05) is 19.7 Å². The first-order chi connectivity index (χ1) is 16.9. The summed E-state index contributed by atoms with van der Waals surface area (Å²) in [6.45, 7) is 0.193. The van der Waals surface area contributed by atoms with Gasteiger partial charge in [-0.05, 0) is 35.1 Å². The maximum atomic E-state index is 12.9. The number of allylic oxidation sites excluding steroid dienone is 1. The molecule has 1 saturated heterocycles. The third-order valence-electron chi connectivity index (χ3n) is 7.28. The van der Waals surface area contributed by atoms with E-state index < -0.39 is 23.6 Å². The number of carbonyl (C=O) groups is 3. The first-order valence-electron chi connectivity index (χ1n) is 11.9. The molecule has 0 aromatic heterocycles. The fourth-order valence-corrected chi connectivity index (χ4v) is 5.40. The van der Waals surface area contributed by atoms with Crippen molar-refractivity contribution in [1.82, 2.24) is 10.2 Å². The minimum absolute atomic E-state index is 0.0120. The Hall–Kier alpha value is -3.65. The molecule has 0 radical (unpaired) electrons. The SMILES string of the molecule is O=C(N[C@@H]1C=CC[C@@H](C(=O)N2CCC(O)(C(=O)O)C2)C1)OCC1c2ccccc2-c2ccccc21. The molecule has 8 nitrogen and oxygen atoms in total. The monoisotopic (exact) mass is 476 g/mol. The van der Waals surface area contributed by atoms with Gasteiger partial charge in [0.1, 0.15) is 6.61 Å². The summed E-state index contributed by atoms with van der Waals surface area (Å²) in [4.78, 5) is 38.2. The lowest BCUT2D eigenvalue weighted by atomic mass is 9.90. The molecule has 3 aliphatic rings. The maximum Gasteiger partial charge on any atom is 0.407 e. The highest BCUT2D eigenvalue weighted by Crippen LogP contribution is 2.44. The average molecular weight is 477 g/mol. The summed E-state index contributed by atoms with van der Waals surface area (Å²) in [5, 5.41) is 22.2. The number of benzene rings is 2. The number of β-amino-alcohol motifs (C(OH)–C–C–N with tert-alkyl or cyclic N) is 1. The van der Waals surface area contributed by atoms with Crippen molar-refractivity contribution >= 4 is 18.0 Å². The Balaban J connectivity index is 1.17. The zero-order chi connectivity index (χ0) is 24.6. The Kier molecular flexibility index (Phi) is 6.06. The lowest BCUT2D eigenvalue weighted by molar-refractivity contribution is -0.157. The predicted molar refractivity (Wildman–Crippen MR) is 128 cm³/mol. The number of rotatable bonds is 5. The number of carboxylic acids is 1. The molecule has 3 atom stereocenters. The fraction of sp³-hybridized carbons (Fsp3) is 0.370. The number of nitrogens with one attached hydrogen (secondary N) is 1. The number of fused-ring (bicyclic) bond motifs is 3. The van der Waals surface area contributed by atoms with E-state index in [9.17, 15) is 24.6 Å². The number of aliphatic carboxylic acids is 1. The zero-order valence-corrected chi connectivity index (χ0v) is 19.2. The average Bonchev–Trinajstić information content (AvgIpc) is 3.42. The highest BCUT2D eigenvalue weighted by atomic mass is 16.5. The van der Waals surface area contributed by atoms with Crippen LogP contribution in [0.5, 0.6) is 0 Å². The zero-order valence-electron chi connectivity index (χ0n) is 19.2. The first-order valence-corrected chi connectivity index (χ1v) is 11.9. The Morgan fingerprint density at radius 2 is 1.71 bits per heavy atom. The molecule has 1 fully saturated rings. The molecule has 0 spiro atoms. The van der Waals surface area contributed by atoms with Gasteiger partial charge in [-0.2, -0.15) is 0 Å². The molecule has 1 heterocycles. The number of hydrogen-bond acceptors (Lipinski definition) is 5. The number of ether oxygens (including phenoxy) is 1. The number of alkyl carbamates (subject to hydrolysis) is 1. The summed E-state index contributed by atoms with van der Waals surface area (Å²) in [5.74, 6) is -1.94. The summed E-state index contributed by atoms with van der Waals surface area (Å²) in [7, 11) is 0. The molecule has 35 heavy (non-hydrogen) atoms. The molecule has 1 unspecified atom stereocenters. The van der Waals surface area contributed by atoms with Crippen LogP contribution in [0.3, 0.4) is 0 Å². The van der Waals surface area contributed by atoms with Gasteiger partial charge in [0.15, 0.2) is 5.60 Å². The van der Waals surface area contributed by atoms with Crippen molar-refractivity contribution in [3.63, 3.8) is 0 Å². The second kappa shape index (κ2) is 9.19. The summed E-state index contributed by atoms with van der Waals surface area (Å²) in [5.41, 5.74) is 2.70. The van der Waals surface area contributed by atoms with E-state index in [0.29, 0.717) is 12.8 Å². The van der Waals surface area contributed by atoms with E-state index in [1.807, 2.05) is 36.4 Å². The van der Waals surface area contributed by atoms with E-state index in [4.69, 9.17) is 4.74 Å². The van der Waals surface area contributed by atoms with E-state index >= 15 is 0 Å². The number of aliphatic hydroxyl groups is 1. The van der Waals surface area contributed by atoms with Crippen molar-refractivity contribution in [3.8, 4) is 11.1 Å². The molecule has 2 aromatic carbocycles. The van der Waals surface area contributed by atoms with Gasteiger partial charge in [0.25, 0.3) is 0 Å². The molecule has 2 aliphatic carbocycles. The minimum atomic E-state index is -1.89. The van der Waals surface area contributed by atoms with Gasteiger partial charge in [-0.25, -0.2) is 9.59 Å². The highest BCUT2D eigenvalue weighted by Gasteiger charge is 2.45. The van der Waals surface area contributed by atoms with Gasteiger partial charge in [-0.15, -0.1) is 0 Å². The summed E-state index contributed by atoms with van der Waals surface area (Å²) in [6.07, 6.45) is 4.06. The third kappa shape index (κ3) is 4.41. The van der Waals surface area contributed by atoms with Crippen LogP contribution in [-0.4, -0.2) is 64.4 Å². The van der Waals surface area contributed by atoms with Crippen molar-refractivity contribution in [1.29, 1.82) is 0 Å². The Morgan fingerprint density at radius 3 is 2.34 bits per heavy atom. The molecule has 2 aromatic rings. The van der Waals surface area contributed by atoms with E-state index in [1.165, 1.54) is 4.90 Å². The maximum absolute atomic E-state index is 12.9. The Bertz CT molecular complexity index is 1150. The number of hydrogen-bond donors (Lipinski definition) is 3. The predicted octanol–water partition coefficient (Wildman–Crippen LogP) is 2.91. The van der Waals surface area contributed by atoms with Gasteiger partial charge >= 0.3 is 12.1 Å². The minimum Gasteiger partial charge on any atom is -0.479 e. The van der Waals surface area contributed by atoms with Gasteiger partial charge < -0.3 is 25.2 Å². The standard InChI is InChI=1S/C27H28N2O6/c30-24(29-13-12-27(34,16-29)25(31)32)17-6-5-7-18(14-17)28-26(33)35-15-23-21-10-3-1-8-19(21)20-9-2-4-11-22(20)23/h1-5,7-11,17-18,23,34H,6,12-16H2,(H,28,33)(H,31,32)/t17-,18-,27?/m1/s1. The van der Waals surface area contributed by atoms with Gasteiger partial charge in [0.05, 0.1) is 12.6 Å². The molecule has 1 aliphatic heterocycles. The smallest absolute Gasteiger partial charge is 0.407 e. The quantitative estimate of drug-likeness (QED) is 0.572. The van der Waals surface area contributed by atoms with Crippen LogP contribution >= 0.6 is 0 Å². The molecule has 5 rings (SSSR count). The van der Waals surface area contributed by atoms with Crippen molar-refractivity contribution in [3.05, 3.63) is 71.8 Å². The van der Waals surface area contributed by atoms with Crippen molar-refractivity contribution < 1.29 is 29.3 Å². The molecule has 8 heteroatoms. The van der Waals surface area contributed by atoms with Gasteiger partial charge in [0, 0.05) is 24.8 Å². The topological polar surface area (TPSA) is 116 Å². The third-order valence-corrected chi connectivity index (χ3v) is 7.28. The van der Waals surface area contributed by atoms with Crippen LogP contribution in [0.1, 0.15) is 36.3 Å². The molecular weight excluding hydrogens is 448 g/mol. The number of carbonyl (C=O) groups excluding carboxylic acids is 2. The number of likely N-dealkylation sites (tertiary alicyclic amines) is 1. The molecule has 0 saturated carbocycles. The molecule has 3 N–H and O–H groups in total. The van der Waals surface area contributed by atoms with Crippen molar-refractivity contribution in [2.45, 2.75) is 36.8 Å². The summed E-state index contributed by atoms with van der Waals surface area (Å²) >= 11 is 0. The van der Waals surface area contributed by atoms with Crippen LogP contribution in [0.15, 0.2) is 60.7 Å². The van der Waals surface area contributed by atoms with E-state index in [1.54, 1.807) is 0 Å².